The highest BCUT2D eigenvalue weighted by molar-refractivity contribution is 6.32. The van der Waals surface area contributed by atoms with Gasteiger partial charge in [-0.1, -0.05) is 11.6 Å². The number of benzene rings is 1. The highest BCUT2D eigenvalue weighted by Gasteiger charge is 2.12. The zero-order chi connectivity index (χ0) is 12.8. The van der Waals surface area contributed by atoms with Crippen LogP contribution in [0.25, 0.3) is 0 Å². The van der Waals surface area contributed by atoms with Crippen molar-refractivity contribution in [3.63, 3.8) is 0 Å². The number of rotatable bonds is 6. The van der Waals surface area contributed by atoms with E-state index in [2.05, 4.69) is 0 Å². The second kappa shape index (κ2) is 6.84. The Morgan fingerprint density at radius 1 is 1.29 bits per heavy atom. The standard InChI is InChI=1S/C13H20ClNO2/c1-9-8-12(16-3)11(10(2)13(9)14)4-6-17-7-5-15/h8H,4-7,15H2,1-3H3. The van der Waals surface area contributed by atoms with Crippen molar-refractivity contribution < 1.29 is 9.47 Å². The van der Waals surface area contributed by atoms with Crippen LogP contribution in [0.2, 0.25) is 5.02 Å². The van der Waals surface area contributed by atoms with Gasteiger partial charge in [0.2, 0.25) is 0 Å². The molecule has 0 aliphatic carbocycles. The number of hydrogen-bond acceptors (Lipinski definition) is 3. The number of halogens is 1. The largest absolute Gasteiger partial charge is 0.496 e. The van der Waals surface area contributed by atoms with Crippen molar-refractivity contribution in [3.8, 4) is 5.75 Å². The topological polar surface area (TPSA) is 44.5 Å². The van der Waals surface area contributed by atoms with E-state index in [0.29, 0.717) is 19.8 Å². The molecule has 0 unspecified atom stereocenters. The molecule has 0 aromatic heterocycles. The fourth-order valence-electron chi connectivity index (χ4n) is 1.81. The zero-order valence-corrected chi connectivity index (χ0v) is 11.4. The van der Waals surface area contributed by atoms with E-state index in [4.69, 9.17) is 26.8 Å². The lowest BCUT2D eigenvalue weighted by molar-refractivity contribution is 0.144. The van der Waals surface area contributed by atoms with Crippen molar-refractivity contribution in [2.75, 3.05) is 26.9 Å². The molecule has 0 heterocycles. The van der Waals surface area contributed by atoms with Gasteiger partial charge in [0.15, 0.2) is 0 Å². The van der Waals surface area contributed by atoms with E-state index >= 15 is 0 Å². The molecule has 2 N–H and O–H groups in total. The van der Waals surface area contributed by atoms with Gasteiger partial charge in [-0.05, 0) is 37.5 Å². The van der Waals surface area contributed by atoms with Crippen molar-refractivity contribution in [1.29, 1.82) is 0 Å². The molecule has 0 fully saturated rings. The summed E-state index contributed by atoms with van der Waals surface area (Å²) < 4.78 is 10.8. The molecule has 0 radical (unpaired) electrons. The van der Waals surface area contributed by atoms with Crippen LogP contribution in [0.4, 0.5) is 0 Å². The normalized spacial score (nSPS) is 10.6. The lowest BCUT2D eigenvalue weighted by Crippen LogP contribution is -2.11. The van der Waals surface area contributed by atoms with Crippen LogP contribution in [-0.4, -0.2) is 26.9 Å². The van der Waals surface area contributed by atoms with Gasteiger partial charge in [-0.25, -0.2) is 0 Å². The summed E-state index contributed by atoms with van der Waals surface area (Å²) in [5, 5.41) is 0.805. The van der Waals surface area contributed by atoms with Crippen molar-refractivity contribution in [2.45, 2.75) is 20.3 Å². The van der Waals surface area contributed by atoms with E-state index in [1.807, 2.05) is 19.9 Å². The van der Waals surface area contributed by atoms with Crippen molar-refractivity contribution in [1.82, 2.24) is 0 Å². The molecule has 1 aromatic rings. The summed E-state index contributed by atoms with van der Waals surface area (Å²) in [4.78, 5) is 0. The zero-order valence-electron chi connectivity index (χ0n) is 10.7. The molecule has 0 saturated heterocycles. The van der Waals surface area contributed by atoms with Gasteiger partial charge < -0.3 is 15.2 Å². The van der Waals surface area contributed by atoms with Gasteiger partial charge in [-0.15, -0.1) is 0 Å². The van der Waals surface area contributed by atoms with Crippen molar-refractivity contribution in [2.24, 2.45) is 5.73 Å². The van der Waals surface area contributed by atoms with Crippen LogP contribution in [0.5, 0.6) is 5.75 Å². The average molecular weight is 258 g/mol. The molecular formula is C13H20ClNO2. The average Bonchev–Trinajstić information content (AvgIpc) is 2.33. The highest BCUT2D eigenvalue weighted by atomic mass is 35.5. The van der Waals surface area contributed by atoms with Crippen LogP contribution in [0, 0.1) is 13.8 Å². The quantitative estimate of drug-likeness (QED) is 0.797. The summed E-state index contributed by atoms with van der Waals surface area (Å²) in [6, 6.07) is 1.97. The second-order valence-electron chi connectivity index (χ2n) is 3.96. The molecule has 17 heavy (non-hydrogen) atoms. The Morgan fingerprint density at radius 2 is 2.00 bits per heavy atom. The smallest absolute Gasteiger partial charge is 0.122 e. The fraction of sp³-hybridized carbons (Fsp3) is 0.538. The Morgan fingerprint density at radius 3 is 2.59 bits per heavy atom. The first-order valence-electron chi connectivity index (χ1n) is 5.72. The van der Waals surface area contributed by atoms with Gasteiger partial charge >= 0.3 is 0 Å². The minimum absolute atomic E-state index is 0.546. The third-order valence-electron chi connectivity index (χ3n) is 2.75. The van der Waals surface area contributed by atoms with Gasteiger partial charge in [0.25, 0.3) is 0 Å². The Hall–Kier alpha value is -0.770. The molecule has 0 spiro atoms. The Kier molecular flexibility index (Phi) is 5.75. The first-order chi connectivity index (χ1) is 8.11. The number of ether oxygens (including phenoxy) is 2. The fourth-order valence-corrected chi connectivity index (χ4v) is 1.98. The maximum Gasteiger partial charge on any atom is 0.122 e. The van der Waals surface area contributed by atoms with E-state index in [0.717, 1.165) is 33.9 Å². The minimum Gasteiger partial charge on any atom is -0.496 e. The number of hydrogen-bond donors (Lipinski definition) is 1. The van der Waals surface area contributed by atoms with Gasteiger partial charge in [0, 0.05) is 17.1 Å². The predicted octanol–water partition coefficient (Wildman–Crippen LogP) is 2.48. The van der Waals surface area contributed by atoms with Gasteiger partial charge in [-0.3, -0.25) is 0 Å². The maximum atomic E-state index is 6.24. The van der Waals surface area contributed by atoms with Crippen molar-refractivity contribution >= 4 is 11.6 Å². The van der Waals surface area contributed by atoms with E-state index in [-0.39, 0.29) is 0 Å². The SMILES string of the molecule is COc1cc(C)c(Cl)c(C)c1CCOCCN. The van der Waals surface area contributed by atoms with Crippen LogP contribution in [-0.2, 0) is 11.2 Å². The molecule has 0 aliphatic rings. The predicted molar refractivity (Wildman–Crippen MR) is 71.1 cm³/mol. The van der Waals surface area contributed by atoms with Crippen LogP contribution in [0.3, 0.4) is 0 Å². The Labute approximate surface area is 108 Å². The summed E-state index contributed by atoms with van der Waals surface area (Å²) in [5.41, 5.74) is 8.58. The van der Waals surface area contributed by atoms with E-state index < -0.39 is 0 Å². The third kappa shape index (κ3) is 3.60. The molecule has 1 rings (SSSR count). The van der Waals surface area contributed by atoms with E-state index in [9.17, 15) is 0 Å². The summed E-state index contributed by atoms with van der Waals surface area (Å²) in [6.07, 6.45) is 0.787. The summed E-state index contributed by atoms with van der Waals surface area (Å²) in [5.74, 6) is 0.876. The minimum atomic E-state index is 0.546. The van der Waals surface area contributed by atoms with E-state index in [1.165, 1.54) is 0 Å². The lowest BCUT2D eigenvalue weighted by Gasteiger charge is -2.15. The molecule has 0 amide bonds. The van der Waals surface area contributed by atoms with Gasteiger partial charge in [-0.2, -0.15) is 0 Å². The Bertz CT molecular complexity index is 380. The van der Waals surface area contributed by atoms with Crippen LogP contribution in [0.1, 0.15) is 16.7 Å². The number of methoxy groups -OCH3 is 1. The molecule has 0 atom stereocenters. The monoisotopic (exact) mass is 257 g/mol. The van der Waals surface area contributed by atoms with Crippen LogP contribution >= 0.6 is 11.6 Å². The highest BCUT2D eigenvalue weighted by Crippen LogP contribution is 2.31. The summed E-state index contributed by atoms with van der Waals surface area (Å²) in [7, 11) is 1.67. The molecule has 0 bridgehead atoms. The first kappa shape index (κ1) is 14.3. The number of aryl methyl sites for hydroxylation is 1. The number of nitrogens with two attached hydrogens (primary N) is 1. The van der Waals surface area contributed by atoms with Gasteiger partial charge in [0.05, 0.1) is 20.3 Å². The molecule has 96 valence electrons. The molecule has 0 aliphatic heterocycles. The molecular weight excluding hydrogens is 238 g/mol. The van der Waals surface area contributed by atoms with E-state index in [1.54, 1.807) is 7.11 Å². The summed E-state index contributed by atoms with van der Waals surface area (Å²) >= 11 is 6.24. The molecule has 0 saturated carbocycles. The van der Waals surface area contributed by atoms with Crippen LogP contribution < -0.4 is 10.5 Å². The second-order valence-corrected chi connectivity index (χ2v) is 4.34. The molecule has 1 aromatic carbocycles. The lowest BCUT2D eigenvalue weighted by atomic mass is 10.0. The third-order valence-corrected chi connectivity index (χ3v) is 3.33. The van der Waals surface area contributed by atoms with Crippen LogP contribution in [0.15, 0.2) is 6.07 Å². The Balaban J connectivity index is 2.85. The molecule has 4 heteroatoms. The molecule has 3 nitrogen and oxygen atoms in total. The summed E-state index contributed by atoms with van der Waals surface area (Å²) in [6.45, 7) is 5.75. The van der Waals surface area contributed by atoms with Crippen molar-refractivity contribution in [3.05, 3.63) is 27.8 Å². The first-order valence-corrected chi connectivity index (χ1v) is 6.10. The maximum absolute atomic E-state index is 6.24. The van der Waals surface area contributed by atoms with Gasteiger partial charge in [0.1, 0.15) is 5.75 Å².